The number of esters is 1. The summed E-state index contributed by atoms with van der Waals surface area (Å²) >= 11 is 0. The van der Waals surface area contributed by atoms with Crippen molar-refractivity contribution in [1.29, 1.82) is 5.26 Å². The van der Waals surface area contributed by atoms with Crippen molar-refractivity contribution in [2.24, 2.45) is 0 Å². The molecule has 4 rings (SSSR count). The molecule has 3 aromatic rings. The maximum atomic E-state index is 12.8. The van der Waals surface area contributed by atoms with Gasteiger partial charge in [-0.05, 0) is 65.0 Å². The Morgan fingerprint density at radius 3 is 2.54 bits per heavy atom. The largest absolute Gasteiger partial charge is 0.460 e. The first-order valence-corrected chi connectivity index (χ1v) is 12.6. The average molecular weight is 504 g/mol. The molecule has 194 valence electrons. The summed E-state index contributed by atoms with van der Waals surface area (Å²) in [7, 11) is 1.77. The molecule has 9 heteroatoms. The number of carbonyl (C=O) groups is 2. The number of hydrogen-bond donors (Lipinski definition) is 0. The van der Waals surface area contributed by atoms with Crippen LogP contribution in [0.1, 0.15) is 80.3 Å². The number of nitriles is 1. The Labute approximate surface area is 217 Å². The Morgan fingerprint density at radius 2 is 1.92 bits per heavy atom. The number of hydrogen-bond acceptors (Lipinski definition) is 7. The number of rotatable bonds is 5. The number of carbonyl (C=O) groups excluding carboxylic acids is 2. The number of pyridine rings is 1. The standard InChI is InChI=1S/C28H33N5O4/c1-7-36-26(34)24-30-25-21(16-29)17(2)22(18-11-9-8-10-12-18)23(33(25)31-24)19-13-14-20(15-19)32(6)27(35)37-28(3,4)5/h8-12,19-20H,7,13-15H2,1-6H3. The van der Waals surface area contributed by atoms with Gasteiger partial charge >= 0.3 is 12.1 Å². The van der Waals surface area contributed by atoms with Crippen LogP contribution in [0.5, 0.6) is 0 Å². The van der Waals surface area contributed by atoms with Crippen molar-refractivity contribution in [3.8, 4) is 17.2 Å². The Balaban J connectivity index is 1.85. The van der Waals surface area contributed by atoms with Crippen LogP contribution < -0.4 is 0 Å². The van der Waals surface area contributed by atoms with Crippen molar-refractivity contribution in [2.45, 2.75) is 71.4 Å². The number of nitrogens with zero attached hydrogens (tertiary/aromatic N) is 5. The van der Waals surface area contributed by atoms with Gasteiger partial charge in [0.15, 0.2) is 5.65 Å². The van der Waals surface area contributed by atoms with Crippen LogP contribution in [-0.4, -0.2) is 56.9 Å². The van der Waals surface area contributed by atoms with E-state index in [4.69, 9.17) is 9.47 Å². The van der Waals surface area contributed by atoms with Crippen molar-refractivity contribution in [2.75, 3.05) is 13.7 Å². The van der Waals surface area contributed by atoms with Gasteiger partial charge in [-0.15, -0.1) is 5.10 Å². The number of amides is 1. The van der Waals surface area contributed by atoms with E-state index in [0.29, 0.717) is 17.6 Å². The van der Waals surface area contributed by atoms with Gasteiger partial charge in [-0.2, -0.15) is 10.2 Å². The lowest BCUT2D eigenvalue weighted by atomic mass is 9.89. The predicted octanol–water partition coefficient (Wildman–Crippen LogP) is 5.26. The van der Waals surface area contributed by atoms with Gasteiger partial charge < -0.3 is 14.4 Å². The first-order valence-electron chi connectivity index (χ1n) is 12.6. The highest BCUT2D eigenvalue weighted by molar-refractivity contribution is 5.87. The maximum Gasteiger partial charge on any atom is 0.410 e. The van der Waals surface area contributed by atoms with E-state index < -0.39 is 11.6 Å². The lowest BCUT2D eigenvalue weighted by Gasteiger charge is -2.29. The van der Waals surface area contributed by atoms with Crippen molar-refractivity contribution in [3.63, 3.8) is 0 Å². The third kappa shape index (κ3) is 5.15. The zero-order chi connectivity index (χ0) is 26.9. The first kappa shape index (κ1) is 26.1. The minimum absolute atomic E-state index is 0.00998. The molecule has 0 saturated heterocycles. The number of aromatic nitrogens is 3. The lowest BCUT2D eigenvalue weighted by Crippen LogP contribution is -2.39. The molecular weight excluding hydrogens is 470 g/mol. The normalized spacial score (nSPS) is 17.4. The highest BCUT2D eigenvalue weighted by atomic mass is 16.6. The van der Waals surface area contributed by atoms with Gasteiger partial charge in [0.2, 0.25) is 0 Å². The van der Waals surface area contributed by atoms with E-state index in [1.54, 1.807) is 23.4 Å². The van der Waals surface area contributed by atoms with Crippen molar-refractivity contribution in [3.05, 3.63) is 53.0 Å². The van der Waals surface area contributed by atoms with Crippen molar-refractivity contribution in [1.82, 2.24) is 19.5 Å². The summed E-state index contributed by atoms with van der Waals surface area (Å²) in [5.41, 5.74) is 3.63. The Hall–Kier alpha value is -3.93. The number of benzene rings is 1. The van der Waals surface area contributed by atoms with Gasteiger partial charge in [0.1, 0.15) is 17.2 Å². The van der Waals surface area contributed by atoms with Gasteiger partial charge in [0.05, 0.1) is 12.3 Å². The monoisotopic (exact) mass is 503 g/mol. The minimum Gasteiger partial charge on any atom is -0.460 e. The van der Waals surface area contributed by atoms with Crippen LogP contribution in [0, 0.1) is 18.3 Å². The van der Waals surface area contributed by atoms with Gasteiger partial charge in [-0.1, -0.05) is 30.3 Å². The van der Waals surface area contributed by atoms with Crippen LogP contribution in [0.15, 0.2) is 30.3 Å². The third-order valence-electron chi connectivity index (χ3n) is 6.72. The molecule has 2 heterocycles. The zero-order valence-electron chi connectivity index (χ0n) is 22.2. The van der Waals surface area contributed by atoms with E-state index in [9.17, 15) is 14.9 Å². The molecule has 37 heavy (non-hydrogen) atoms. The molecule has 9 nitrogen and oxygen atoms in total. The highest BCUT2D eigenvalue weighted by Crippen LogP contribution is 2.43. The second kappa shape index (κ2) is 10.2. The lowest BCUT2D eigenvalue weighted by molar-refractivity contribution is 0.0225. The summed E-state index contributed by atoms with van der Waals surface area (Å²) in [4.78, 5) is 31.4. The molecule has 0 N–H and O–H groups in total. The van der Waals surface area contributed by atoms with Crippen LogP contribution in [-0.2, 0) is 9.47 Å². The molecule has 0 spiro atoms. The quantitative estimate of drug-likeness (QED) is 0.437. The molecule has 2 atom stereocenters. The van der Waals surface area contributed by atoms with Gasteiger partial charge in [0.25, 0.3) is 5.82 Å². The van der Waals surface area contributed by atoms with E-state index in [1.807, 2.05) is 58.0 Å². The molecule has 1 aromatic carbocycles. The summed E-state index contributed by atoms with van der Waals surface area (Å²) in [5, 5.41) is 14.6. The molecule has 2 aromatic heterocycles. The molecule has 2 unspecified atom stereocenters. The summed E-state index contributed by atoms with van der Waals surface area (Å²) in [6.07, 6.45) is 1.92. The number of ether oxygens (including phenoxy) is 2. The second-order valence-electron chi connectivity index (χ2n) is 10.4. The van der Waals surface area contributed by atoms with Crippen LogP contribution in [0.4, 0.5) is 4.79 Å². The van der Waals surface area contributed by atoms with Gasteiger partial charge in [-0.25, -0.2) is 14.1 Å². The SMILES string of the molecule is CCOC(=O)c1nc2c(C#N)c(C)c(-c3ccccc3)c(C3CCC(N(C)C(=O)OC(C)(C)C)C3)n2n1. The summed E-state index contributed by atoms with van der Waals surface area (Å²) in [6, 6.07) is 12.1. The second-order valence-corrected chi connectivity index (χ2v) is 10.4. The maximum absolute atomic E-state index is 12.8. The molecule has 1 aliphatic carbocycles. The average Bonchev–Trinajstić information content (AvgIpc) is 3.50. The molecule has 0 bridgehead atoms. The molecular formula is C28H33N5O4. The van der Waals surface area contributed by atoms with Gasteiger partial charge in [0, 0.05) is 24.6 Å². The van der Waals surface area contributed by atoms with Crippen LogP contribution in [0.3, 0.4) is 0 Å². The smallest absolute Gasteiger partial charge is 0.410 e. The topological polar surface area (TPSA) is 110 Å². The molecule has 0 radical (unpaired) electrons. The van der Waals surface area contributed by atoms with E-state index >= 15 is 0 Å². The molecule has 1 fully saturated rings. The molecule has 1 saturated carbocycles. The molecule has 1 amide bonds. The molecule has 0 aliphatic heterocycles. The number of fused-ring (bicyclic) bond motifs is 1. The van der Waals surface area contributed by atoms with Crippen molar-refractivity contribution < 1.29 is 19.1 Å². The zero-order valence-corrected chi connectivity index (χ0v) is 22.2. The van der Waals surface area contributed by atoms with Crippen molar-refractivity contribution >= 4 is 17.7 Å². The highest BCUT2D eigenvalue weighted by Gasteiger charge is 2.36. The van der Waals surface area contributed by atoms with E-state index in [-0.39, 0.29) is 30.5 Å². The predicted molar refractivity (Wildman–Crippen MR) is 138 cm³/mol. The Kier molecular flexibility index (Phi) is 7.21. The Bertz CT molecular complexity index is 1370. The van der Waals surface area contributed by atoms with E-state index in [0.717, 1.165) is 35.2 Å². The molecule has 1 aliphatic rings. The van der Waals surface area contributed by atoms with Crippen LogP contribution in [0.2, 0.25) is 0 Å². The summed E-state index contributed by atoms with van der Waals surface area (Å²) in [6.45, 7) is 9.38. The van der Waals surface area contributed by atoms with Gasteiger partial charge in [-0.3, -0.25) is 0 Å². The van der Waals surface area contributed by atoms with E-state index in [1.165, 1.54) is 0 Å². The minimum atomic E-state index is -0.631. The third-order valence-corrected chi connectivity index (χ3v) is 6.72. The van der Waals surface area contributed by atoms with Crippen LogP contribution in [0.25, 0.3) is 16.8 Å². The summed E-state index contributed by atoms with van der Waals surface area (Å²) in [5.74, 6) is -0.700. The fourth-order valence-corrected chi connectivity index (χ4v) is 5.04. The summed E-state index contributed by atoms with van der Waals surface area (Å²) < 4.78 is 12.4. The van der Waals surface area contributed by atoms with E-state index in [2.05, 4.69) is 16.2 Å². The van der Waals surface area contributed by atoms with Crippen LogP contribution >= 0.6 is 0 Å². The Morgan fingerprint density at radius 1 is 1.22 bits per heavy atom. The first-order chi connectivity index (χ1) is 17.6. The fourth-order valence-electron chi connectivity index (χ4n) is 5.04. The fraction of sp³-hybridized carbons (Fsp3) is 0.464.